The number of carbonyl (C=O) groups excluding carboxylic acids is 1. The van der Waals surface area contributed by atoms with Gasteiger partial charge in [-0.25, -0.2) is 9.67 Å². The number of rotatable bonds is 6. The summed E-state index contributed by atoms with van der Waals surface area (Å²) in [5.41, 5.74) is 2.88. The largest absolute Gasteiger partial charge is 0.497 e. The Morgan fingerprint density at radius 1 is 1.38 bits per heavy atom. The summed E-state index contributed by atoms with van der Waals surface area (Å²) in [5, 5.41) is 9.09. The molecule has 0 spiro atoms. The molecular weight excluding hydrogens is 386 g/mol. The summed E-state index contributed by atoms with van der Waals surface area (Å²) < 4.78 is 6.93. The minimum atomic E-state index is -0.220. The Kier molecular flexibility index (Phi) is 5.44. The van der Waals surface area contributed by atoms with Gasteiger partial charge >= 0.3 is 0 Å². The van der Waals surface area contributed by atoms with Crippen molar-refractivity contribution in [1.29, 1.82) is 0 Å². The van der Waals surface area contributed by atoms with Gasteiger partial charge in [-0.15, -0.1) is 23.0 Å². The molecule has 0 bridgehead atoms. The highest BCUT2D eigenvalue weighted by Crippen LogP contribution is 2.32. The SMILES string of the molecule is C=CCN(C(=O)c1nnn(-c2cccc(OC)c2)c1C)c1nc2c(s1)CCCC2. The van der Waals surface area contributed by atoms with E-state index in [0.29, 0.717) is 28.8 Å². The van der Waals surface area contributed by atoms with Crippen molar-refractivity contribution in [2.45, 2.75) is 32.6 Å². The van der Waals surface area contributed by atoms with Crippen molar-refractivity contribution in [1.82, 2.24) is 20.0 Å². The van der Waals surface area contributed by atoms with Crippen molar-refractivity contribution in [3.8, 4) is 11.4 Å². The number of ether oxygens (including phenoxy) is 1. The fourth-order valence-corrected chi connectivity index (χ4v) is 4.63. The maximum absolute atomic E-state index is 13.3. The Morgan fingerprint density at radius 3 is 2.97 bits per heavy atom. The van der Waals surface area contributed by atoms with Crippen LogP contribution in [0.5, 0.6) is 5.75 Å². The first-order valence-corrected chi connectivity index (χ1v) is 10.4. The van der Waals surface area contributed by atoms with Gasteiger partial charge in [0.25, 0.3) is 5.91 Å². The van der Waals surface area contributed by atoms with Gasteiger partial charge in [0.1, 0.15) is 5.75 Å². The van der Waals surface area contributed by atoms with Crippen LogP contribution in [0.25, 0.3) is 5.69 Å². The third-order valence-corrected chi connectivity index (χ3v) is 6.20. The molecule has 0 N–H and O–H groups in total. The fourth-order valence-electron chi connectivity index (χ4n) is 3.47. The van der Waals surface area contributed by atoms with Crippen LogP contribution in [0.4, 0.5) is 5.13 Å². The maximum atomic E-state index is 13.3. The van der Waals surface area contributed by atoms with E-state index in [9.17, 15) is 4.79 Å². The van der Waals surface area contributed by atoms with Crippen LogP contribution in [0.2, 0.25) is 0 Å². The molecule has 1 amide bonds. The molecule has 0 saturated carbocycles. The Balaban J connectivity index is 1.67. The molecule has 8 heteroatoms. The van der Waals surface area contributed by atoms with Gasteiger partial charge in [0, 0.05) is 17.5 Å². The summed E-state index contributed by atoms with van der Waals surface area (Å²) >= 11 is 1.60. The molecule has 4 rings (SSSR count). The van der Waals surface area contributed by atoms with E-state index >= 15 is 0 Å². The van der Waals surface area contributed by atoms with Crippen molar-refractivity contribution in [3.63, 3.8) is 0 Å². The molecular formula is C21H23N5O2S. The molecule has 0 saturated heterocycles. The predicted molar refractivity (Wildman–Crippen MR) is 113 cm³/mol. The average molecular weight is 410 g/mol. The quantitative estimate of drug-likeness (QED) is 0.580. The minimum absolute atomic E-state index is 0.220. The standard InChI is InChI=1S/C21H23N5O2S/c1-4-12-25(21-22-17-10-5-6-11-18(17)29-21)20(27)19-14(2)26(24-23-19)15-8-7-9-16(13-15)28-3/h4,7-9,13H,1,5-6,10-12H2,2-3H3. The summed E-state index contributed by atoms with van der Waals surface area (Å²) in [6, 6.07) is 7.49. The molecule has 2 heterocycles. The van der Waals surface area contributed by atoms with E-state index in [2.05, 4.69) is 16.9 Å². The van der Waals surface area contributed by atoms with Crippen LogP contribution in [-0.2, 0) is 12.8 Å². The molecule has 2 aromatic heterocycles. The third-order valence-electron chi connectivity index (χ3n) is 5.02. The summed E-state index contributed by atoms with van der Waals surface area (Å²) in [4.78, 5) is 21.0. The van der Waals surface area contributed by atoms with Crippen LogP contribution in [0.15, 0.2) is 36.9 Å². The van der Waals surface area contributed by atoms with Crippen molar-refractivity contribution >= 4 is 22.4 Å². The lowest BCUT2D eigenvalue weighted by atomic mass is 10.0. The Hall–Kier alpha value is -3.00. The second kappa shape index (κ2) is 8.16. The molecule has 29 heavy (non-hydrogen) atoms. The molecule has 0 aliphatic heterocycles. The number of carbonyl (C=O) groups is 1. The number of aromatic nitrogens is 4. The first-order valence-electron chi connectivity index (χ1n) is 9.60. The average Bonchev–Trinajstić information content (AvgIpc) is 3.35. The summed E-state index contributed by atoms with van der Waals surface area (Å²) in [7, 11) is 1.61. The Bertz CT molecular complexity index is 1030. The van der Waals surface area contributed by atoms with Crippen molar-refractivity contribution in [3.05, 3.63) is 58.9 Å². The number of benzene rings is 1. The fraction of sp³-hybridized carbons (Fsp3) is 0.333. The molecule has 0 unspecified atom stereocenters. The van der Waals surface area contributed by atoms with Crippen LogP contribution in [-0.4, -0.2) is 39.5 Å². The maximum Gasteiger partial charge on any atom is 0.282 e. The van der Waals surface area contributed by atoms with Gasteiger partial charge in [0.15, 0.2) is 10.8 Å². The molecule has 7 nitrogen and oxygen atoms in total. The second-order valence-electron chi connectivity index (χ2n) is 6.91. The number of hydrogen-bond acceptors (Lipinski definition) is 6. The molecule has 3 aromatic rings. The van der Waals surface area contributed by atoms with E-state index in [-0.39, 0.29) is 5.91 Å². The molecule has 1 aromatic carbocycles. The number of aryl methyl sites for hydroxylation is 2. The summed E-state index contributed by atoms with van der Waals surface area (Å²) in [5.74, 6) is 0.495. The molecule has 1 aliphatic carbocycles. The van der Waals surface area contributed by atoms with Gasteiger partial charge < -0.3 is 4.74 Å². The van der Waals surface area contributed by atoms with Crippen LogP contribution in [0, 0.1) is 6.92 Å². The van der Waals surface area contributed by atoms with E-state index in [1.165, 1.54) is 11.3 Å². The van der Waals surface area contributed by atoms with Gasteiger partial charge in [-0.05, 0) is 44.7 Å². The molecule has 0 fully saturated rings. The van der Waals surface area contributed by atoms with Gasteiger partial charge in [-0.1, -0.05) is 17.4 Å². The van der Waals surface area contributed by atoms with Gasteiger partial charge in [0.05, 0.1) is 24.2 Å². The highest BCUT2D eigenvalue weighted by molar-refractivity contribution is 7.16. The lowest BCUT2D eigenvalue weighted by Crippen LogP contribution is -2.32. The second-order valence-corrected chi connectivity index (χ2v) is 7.98. The van der Waals surface area contributed by atoms with E-state index in [0.717, 1.165) is 30.6 Å². The number of methoxy groups -OCH3 is 1. The number of fused-ring (bicyclic) bond motifs is 1. The molecule has 0 atom stereocenters. The number of anilines is 1. The van der Waals surface area contributed by atoms with Crippen LogP contribution >= 0.6 is 11.3 Å². The molecule has 0 radical (unpaired) electrons. The summed E-state index contributed by atoms with van der Waals surface area (Å²) in [6.45, 7) is 6.02. The van der Waals surface area contributed by atoms with Crippen LogP contribution in [0.3, 0.4) is 0 Å². The molecule has 1 aliphatic rings. The minimum Gasteiger partial charge on any atom is -0.497 e. The zero-order chi connectivity index (χ0) is 20.4. The van der Waals surface area contributed by atoms with Crippen molar-refractivity contribution in [2.24, 2.45) is 0 Å². The third kappa shape index (κ3) is 3.67. The number of thiazole rings is 1. The Morgan fingerprint density at radius 2 is 2.21 bits per heavy atom. The monoisotopic (exact) mass is 409 g/mol. The summed E-state index contributed by atoms with van der Waals surface area (Å²) in [6.07, 6.45) is 6.05. The van der Waals surface area contributed by atoms with E-state index in [4.69, 9.17) is 9.72 Å². The van der Waals surface area contributed by atoms with Crippen molar-refractivity contribution < 1.29 is 9.53 Å². The Labute approximate surface area is 173 Å². The van der Waals surface area contributed by atoms with Crippen LogP contribution in [0.1, 0.15) is 39.6 Å². The molecule has 150 valence electrons. The first-order chi connectivity index (χ1) is 14.1. The van der Waals surface area contributed by atoms with Gasteiger partial charge in [-0.3, -0.25) is 9.69 Å². The lowest BCUT2D eigenvalue weighted by molar-refractivity contribution is 0.0984. The van der Waals surface area contributed by atoms with Crippen molar-refractivity contribution in [2.75, 3.05) is 18.6 Å². The van der Waals surface area contributed by atoms with E-state index < -0.39 is 0 Å². The van der Waals surface area contributed by atoms with Gasteiger partial charge in [0.2, 0.25) is 0 Å². The zero-order valence-electron chi connectivity index (χ0n) is 16.6. The number of hydrogen-bond donors (Lipinski definition) is 0. The first kappa shape index (κ1) is 19.3. The smallest absolute Gasteiger partial charge is 0.282 e. The van der Waals surface area contributed by atoms with E-state index in [1.807, 2.05) is 31.2 Å². The van der Waals surface area contributed by atoms with E-state index in [1.54, 1.807) is 34.1 Å². The highest BCUT2D eigenvalue weighted by atomic mass is 32.1. The highest BCUT2D eigenvalue weighted by Gasteiger charge is 2.27. The predicted octanol–water partition coefficient (Wildman–Crippen LogP) is 3.75. The van der Waals surface area contributed by atoms with Gasteiger partial charge in [-0.2, -0.15) is 0 Å². The number of nitrogens with zero attached hydrogens (tertiary/aromatic N) is 5. The topological polar surface area (TPSA) is 73.1 Å². The normalized spacial score (nSPS) is 13.0. The zero-order valence-corrected chi connectivity index (χ0v) is 17.4. The van der Waals surface area contributed by atoms with Crippen LogP contribution < -0.4 is 9.64 Å². The lowest BCUT2D eigenvalue weighted by Gasteiger charge is -2.17. The number of amides is 1.